The molecule has 3 aromatic rings. The van der Waals surface area contributed by atoms with Crippen LogP contribution in [0.2, 0.25) is 0 Å². The molecule has 3 heterocycles. The van der Waals surface area contributed by atoms with Crippen molar-refractivity contribution in [2.75, 3.05) is 13.1 Å². The van der Waals surface area contributed by atoms with E-state index in [0.29, 0.717) is 25.2 Å². The Kier molecular flexibility index (Phi) is 6.07. The van der Waals surface area contributed by atoms with E-state index in [1.165, 1.54) is 12.1 Å². The lowest BCUT2D eigenvalue weighted by atomic mass is 9.83. The summed E-state index contributed by atoms with van der Waals surface area (Å²) < 4.78 is 16.2. The molecular weight excluding hydrogens is 445 g/mol. The minimum Gasteiger partial charge on any atom is -0.336 e. The van der Waals surface area contributed by atoms with E-state index in [2.05, 4.69) is 5.32 Å². The van der Waals surface area contributed by atoms with Crippen molar-refractivity contribution in [3.05, 3.63) is 111 Å². The fraction of sp³-hybridized carbons (Fsp3) is 0.250. The molecule has 2 aromatic carbocycles. The molecule has 1 N–H and O–H groups in total. The van der Waals surface area contributed by atoms with Gasteiger partial charge in [0.1, 0.15) is 11.5 Å². The Morgan fingerprint density at radius 2 is 1.74 bits per heavy atom. The zero-order chi connectivity index (χ0) is 24.5. The van der Waals surface area contributed by atoms with Gasteiger partial charge in [0.25, 0.3) is 17.4 Å². The SMILES string of the molecule is Cc1ccc(C(=O)NC(=Cc2ccccc2F)C(=O)N2CC3CC(C2)c2cccc(=O)n2C3)cc1. The Balaban J connectivity index is 1.45. The van der Waals surface area contributed by atoms with Gasteiger partial charge in [-0.1, -0.05) is 42.0 Å². The number of halogens is 1. The minimum atomic E-state index is -0.480. The second-order valence-corrected chi connectivity index (χ2v) is 9.31. The largest absolute Gasteiger partial charge is 0.336 e. The van der Waals surface area contributed by atoms with Crippen LogP contribution in [-0.4, -0.2) is 34.4 Å². The summed E-state index contributed by atoms with van der Waals surface area (Å²) in [6, 6.07) is 18.4. The van der Waals surface area contributed by atoms with E-state index in [1.807, 2.05) is 25.1 Å². The fourth-order valence-corrected chi connectivity index (χ4v) is 5.03. The summed E-state index contributed by atoms with van der Waals surface area (Å²) >= 11 is 0. The highest BCUT2D eigenvalue weighted by Gasteiger charge is 2.37. The van der Waals surface area contributed by atoms with Gasteiger partial charge in [0.2, 0.25) is 0 Å². The van der Waals surface area contributed by atoms with Crippen molar-refractivity contribution < 1.29 is 14.0 Å². The quantitative estimate of drug-likeness (QED) is 0.590. The van der Waals surface area contributed by atoms with Gasteiger partial charge in [-0.05, 0) is 49.6 Å². The van der Waals surface area contributed by atoms with Crippen molar-refractivity contribution in [3.8, 4) is 0 Å². The van der Waals surface area contributed by atoms with Crippen molar-refractivity contribution in [1.82, 2.24) is 14.8 Å². The molecule has 0 radical (unpaired) electrons. The first-order valence-corrected chi connectivity index (χ1v) is 11.7. The minimum absolute atomic E-state index is 0.0195. The van der Waals surface area contributed by atoms with Gasteiger partial charge in [0, 0.05) is 48.4 Å². The highest BCUT2D eigenvalue weighted by molar-refractivity contribution is 6.05. The average Bonchev–Trinajstić information content (AvgIpc) is 2.85. The molecule has 1 saturated heterocycles. The predicted molar refractivity (Wildman–Crippen MR) is 131 cm³/mol. The van der Waals surface area contributed by atoms with Gasteiger partial charge in [0.05, 0.1) is 0 Å². The average molecular weight is 472 g/mol. The van der Waals surface area contributed by atoms with Crippen LogP contribution in [0.5, 0.6) is 0 Å². The maximum Gasteiger partial charge on any atom is 0.270 e. The smallest absolute Gasteiger partial charge is 0.270 e. The number of rotatable bonds is 4. The number of amides is 2. The van der Waals surface area contributed by atoms with Crippen LogP contribution < -0.4 is 10.9 Å². The number of aromatic nitrogens is 1. The third kappa shape index (κ3) is 4.67. The first kappa shape index (κ1) is 22.8. The molecule has 2 bridgehead atoms. The van der Waals surface area contributed by atoms with Crippen LogP contribution in [0.15, 0.2) is 77.2 Å². The fourth-order valence-electron chi connectivity index (χ4n) is 5.03. The molecular formula is C28H26FN3O3. The lowest BCUT2D eigenvalue weighted by Crippen LogP contribution is -2.50. The predicted octanol–water partition coefficient (Wildman–Crippen LogP) is 3.71. The van der Waals surface area contributed by atoms with Crippen molar-refractivity contribution in [2.24, 2.45) is 5.92 Å². The Labute approximate surface area is 202 Å². The van der Waals surface area contributed by atoms with Crippen LogP contribution in [-0.2, 0) is 11.3 Å². The first-order valence-electron chi connectivity index (χ1n) is 11.7. The van der Waals surface area contributed by atoms with Gasteiger partial charge in [-0.25, -0.2) is 4.39 Å². The first-order chi connectivity index (χ1) is 16.9. The molecule has 0 spiro atoms. The number of hydrogen-bond donors (Lipinski definition) is 1. The zero-order valence-corrected chi connectivity index (χ0v) is 19.4. The molecule has 35 heavy (non-hydrogen) atoms. The number of pyridine rings is 1. The van der Waals surface area contributed by atoms with Crippen molar-refractivity contribution in [2.45, 2.75) is 25.8 Å². The lowest BCUT2D eigenvalue weighted by Gasteiger charge is -2.43. The summed E-state index contributed by atoms with van der Waals surface area (Å²) in [5.74, 6) is -1.12. The van der Waals surface area contributed by atoms with E-state index >= 15 is 0 Å². The van der Waals surface area contributed by atoms with E-state index in [1.54, 1.807) is 51.9 Å². The van der Waals surface area contributed by atoms with Crippen LogP contribution in [0, 0.1) is 18.7 Å². The van der Waals surface area contributed by atoms with Gasteiger partial charge >= 0.3 is 0 Å². The summed E-state index contributed by atoms with van der Waals surface area (Å²) in [4.78, 5) is 40.7. The molecule has 2 unspecified atom stereocenters. The maximum absolute atomic E-state index is 14.4. The van der Waals surface area contributed by atoms with E-state index < -0.39 is 11.7 Å². The Hall–Kier alpha value is -4.00. The number of carbonyl (C=O) groups is 2. The molecule has 0 saturated carbocycles. The van der Waals surface area contributed by atoms with Crippen molar-refractivity contribution >= 4 is 17.9 Å². The summed E-state index contributed by atoms with van der Waals surface area (Å²) in [7, 11) is 0. The number of aryl methyl sites for hydroxylation is 1. The second-order valence-electron chi connectivity index (χ2n) is 9.31. The maximum atomic E-state index is 14.4. The number of fused-ring (bicyclic) bond motifs is 4. The third-order valence-corrected chi connectivity index (χ3v) is 6.76. The summed E-state index contributed by atoms with van der Waals surface area (Å²) in [6.07, 6.45) is 2.29. The number of hydrogen-bond acceptors (Lipinski definition) is 3. The third-order valence-electron chi connectivity index (χ3n) is 6.76. The number of likely N-dealkylation sites (tertiary alicyclic amines) is 1. The van der Waals surface area contributed by atoms with Gasteiger partial charge in [-0.2, -0.15) is 0 Å². The number of nitrogens with one attached hydrogen (secondary N) is 1. The Morgan fingerprint density at radius 3 is 2.51 bits per heavy atom. The van der Waals surface area contributed by atoms with Crippen LogP contribution in [0.1, 0.15) is 39.5 Å². The van der Waals surface area contributed by atoms with Gasteiger partial charge < -0.3 is 14.8 Å². The molecule has 0 aliphatic carbocycles. The Bertz CT molecular complexity index is 1380. The molecule has 2 amide bonds. The second kappa shape index (κ2) is 9.33. The van der Waals surface area contributed by atoms with E-state index in [4.69, 9.17) is 0 Å². The normalized spacial score (nSPS) is 19.1. The highest BCUT2D eigenvalue weighted by Crippen LogP contribution is 2.35. The topological polar surface area (TPSA) is 71.4 Å². The standard InChI is InChI=1S/C28H26FN3O3/c1-18-9-11-20(12-10-18)27(34)30-24(14-21-5-2-3-6-23(21)29)28(35)31-15-19-13-22(17-31)25-7-4-8-26(33)32(25)16-19/h2-12,14,19,22H,13,15-17H2,1H3,(H,30,34). The van der Waals surface area contributed by atoms with E-state index in [9.17, 15) is 18.8 Å². The van der Waals surface area contributed by atoms with Crippen LogP contribution in [0.25, 0.3) is 6.08 Å². The monoisotopic (exact) mass is 471 g/mol. The molecule has 1 aromatic heterocycles. The molecule has 2 aliphatic rings. The molecule has 2 aliphatic heterocycles. The summed E-state index contributed by atoms with van der Waals surface area (Å²) in [5.41, 5.74) is 2.56. The van der Waals surface area contributed by atoms with Gasteiger partial charge in [-0.15, -0.1) is 0 Å². The van der Waals surface area contributed by atoms with Crippen molar-refractivity contribution in [1.29, 1.82) is 0 Å². The number of carbonyl (C=O) groups excluding carboxylic acids is 2. The zero-order valence-electron chi connectivity index (χ0n) is 19.4. The molecule has 5 rings (SSSR count). The van der Waals surface area contributed by atoms with Crippen molar-refractivity contribution in [3.63, 3.8) is 0 Å². The van der Waals surface area contributed by atoms with Crippen LogP contribution >= 0.6 is 0 Å². The Morgan fingerprint density at radius 1 is 0.971 bits per heavy atom. The van der Waals surface area contributed by atoms with E-state index in [-0.39, 0.29) is 34.6 Å². The molecule has 2 atom stereocenters. The number of benzene rings is 2. The molecule has 6 nitrogen and oxygen atoms in total. The number of nitrogens with zero attached hydrogens (tertiary/aromatic N) is 2. The van der Waals surface area contributed by atoms with E-state index in [0.717, 1.165) is 17.7 Å². The molecule has 178 valence electrons. The molecule has 1 fully saturated rings. The van der Waals surface area contributed by atoms with Crippen LogP contribution in [0.4, 0.5) is 4.39 Å². The summed E-state index contributed by atoms with van der Waals surface area (Å²) in [6.45, 7) is 3.37. The van der Waals surface area contributed by atoms with Gasteiger partial charge in [-0.3, -0.25) is 14.4 Å². The van der Waals surface area contributed by atoms with Gasteiger partial charge in [0.15, 0.2) is 0 Å². The van der Waals surface area contributed by atoms with Crippen LogP contribution in [0.3, 0.4) is 0 Å². The number of piperidine rings is 1. The summed E-state index contributed by atoms with van der Waals surface area (Å²) in [5, 5.41) is 2.73. The highest BCUT2D eigenvalue weighted by atomic mass is 19.1. The molecule has 7 heteroatoms. The lowest BCUT2D eigenvalue weighted by molar-refractivity contribution is -0.130.